The van der Waals surface area contributed by atoms with Gasteiger partial charge in [0.25, 0.3) is 5.91 Å². The maximum absolute atomic E-state index is 14.1. The Morgan fingerprint density at radius 3 is 2.85 bits per heavy atom. The van der Waals surface area contributed by atoms with Crippen LogP contribution in [0.25, 0.3) is 10.9 Å². The molecule has 0 saturated heterocycles. The lowest BCUT2D eigenvalue weighted by Crippen LogP contribution is -2.47. The number of dihydropyridines is 1. The molecule has 3 atom stereocenters. The third-order valence-electron chi connectivity index (χ3n) is 6.62. The van der Waals surface area contributed by atoms with E-state index in [1.54, 1.807) is 13.3 Å². The summed E-state index contributed by atoms with van der Waals surface area (Å²) in [5.41, 5.74) is 10.0. The number of hydrogen-bond donors (Lipinski definition) is 1. The maximum Gasteiger partial charge on any atom is 0.254 e. The number of pyridine rings is 2. The van der Waals surface area contributed by atoms with E-state index in [0.717, 1.165) is 47.3 Å². The topological polar surface area (TPSA) is 93.7 Å². The number of methoxy groups -OCH3 is 1. The van der Waals surface area contributed by atoms with Crippen LogP contribution in [-0.4, -0.2) is 52.3 Å². The molecule has 1 aromatic carbocycles. The lowest BCUT2D eigenvalue weighted by Gasteiger charge is -2.33. The van der Waals surface area contributed by atoms with Crippen molar-refractivity contribution in [1.82, 2.24) is 14.9 Å². The number of ether oxygens (including phenoxy) is 1. The van der Waals surface area contributed by atoms with E-state index in [2.05, 4.69) is 22.1 Å². The second-order valence-corrected chi connectivity index (χ2v) is 8.97. The number of aryl methyl sites for hydroxylation is 1. The average Bonchev–Trinajstić information content (AvgIpc) is 3.64. The summed E-state index contributed by atoms with van der Waals surface area (Å²) in [7, 11) is 1.73. The zero-order valence-electron chi connectivity index (χ0n) is 19.5. The zero-order chi connectivity index (χ0) is 23.7. The van der Waals surface area contributed by atoms with Crippen LogP contribution < -0.4 is 5.73 Å². The number of carbonyl (C=O) groups is 1. The zero-order valence-corrected chi connectivity index (χ0v) is 19.5. The van der Waals surface area contributed by atoms with Crippen molar-refractivity contribution in [3.8, 4) is 0 Å². The molecule has 2 aliphatic rings. The SMILES string of the molecule is COC1C[C@@H]1C(C1=NCCC=C1)N(Cc1ccccn1)C(=O)c1ccc2nc(N)c(C)cc2c1. The second-order valence-electron chi connectivity index (χ2n) is 8.97. The molecule has 3 heterocycles. The van der Waals surface area contributed by atoms with E-state index >= 15 is 0 Å². The highest BCUT2D eigenvalue weighted by atomic mass is 16.5. The highest BCUT2D eigenvalue weighted by molar-refractivity contribution is 6.05. The number of amides is 1. The number of nitrogens with zero attached hydrogens (tertiary/aromatic N) is 4. The van der Waals surface area contributed by atoms with Gasteiger partial charge in [-0.2, -0.15) is 0 Å². The number of aromatic nitrogens is 2. The molecule has 2 N–H and O–H groups in total. The van der Waals surface area contributed by atoms with Gasteiger partial charge in [-0.3, -0.25) is 14.8 Å². The number of fused-ring (bicyclic) bond motifs is 1. The summed E-state index contributed by atoms with van der Waals surface area (Å²) >= 11 is 0. The van der Waals surface area contributed by atoms with Gasteiger partial charge < -0.3 is 15.4 Å². The molecule has 1 amide bonds. The van der Waals surface area contributed by atoms with Crippen molar-refractivity contribution in [2.24, 2.45) is 10.9 Å². The molecule has 0 bridgehead atoms. The fourth-order valence-corrected chi connectivity index (χ4v) is 4.68. The van der Waals surface area contributed by atoms with Crippen molar-refractivity contribution in [1.29, 1.82) is 0 Å². The third-order valence-corrected chi connectivity index (χ3v) is 6.62. The van der Waals surface area contributed by atoms with Gasteiger partial charge in [0.2, 0.25) is 0 Å². The van der Waals surface area contributed by atoms with Crippen molar-refractivity contribution in [2.75, 3.05) is 19.4 Å². The van der Waals surface area contributed by atoms with E-state index in [1.807, 2.05) is 54.3 Å². The monoisotopic (exact) mass is 455 g/mol. The summed E-state index contributed by atoms with van der Waals surface area (Å²) in [5, 5.41) is 0.892. The van der Waals surface area contributed by atoms with Crippen molar-refractivity contribution >= 4 is 28.3 Å². The number of hydrogen-bond acceptors (Lipinski definition) is 6. The molecule has 1 aliphatic heterocycles. The van der Waals surface area contributed by atoms with Crippen LogP contribution in [0.1, 0.15) is 34.5 Å². The molecule has 1 fully saturated rings. The number of aliphatic imine (C=N–C) groups is 1. The molecule has 3 aromatic rings. The number of nitrogen functional groups attached to an aromatic ring is 1. The fraction of sp³-hybridized carbons (Fsp3) is 0.333. The Balaban J connectivity index is 1.56. The molecule has 2 aromatic heterocycles. The van der Waals surface area contributed by atoms with E-state index in [-0.39, 0.29) is 24.0 Å². The maximum atomic E-state index is 14.1. The molecule has 2 unspecified atom stereocenters. The Hall–Kier alpha value is -3.58. The molecule has 0 radical (unpaired) electrons. The van der Waals surface area contributed by atoms with Gasteiger partial charge in [0.15, 0.2) is 0 Å². The van der Waals surface area contributed by atoms with E-state index in [1.165, 1.54) is 0 Å². The highest BCUT2D eigenvalue weighted by Crippen LogP contribution is 2.40. The molecule has 7 heteroatoms. The van der Waals surface area contributed by atoms with Crippen LogP contribution >= 0.6 is 0 Å². The van der Waals surface area contributed by atoms with Gasteiger partial charge >= 0.3 is 0 Å². The first kappa shape index (κ1) is 22.2. The Bertz CT molecular complexity index is 1270. The van der Waals surface area contributed by atoms with Gasteiger partial charge in [-0.05, 0) is 67.8 Å². The number of anilines is 1. The van der Waals surface area contributed by atoms with E-state index in [4.69, 9.17) is 15.5 Å². The molecule has 34 heavy (non-hydrogen) atoms. The Morgan fingerprint density at radius 2 is 2.15 bits per heavy atom. The van der Waals surface area contributed by atoms with Gasteiger partial charge in [0, 0.05) is 36.7 Å². The number of carbonyl (C=O) groups excluding carboxylic acids is 1. The number of benzene rings is 1. The summed E-state index contributed by atoms with van der Waals surface area (Å²) in [6.07, 6.45) is 7.90. The predicted octanol–water partition coefficient (Wildman–Crippen LogP) is 3.97. The first-order chi connectivity index (χ1) is 16.5. The summed E-state index contributed by atoms with van der Waals surface area (Å²) in [4.78, 5) is 29.8. The van der Waals surface area contributed by atoms with Crippen LogP contribution in [0.4, 0.5) is 5.82 Å². The van der Waals surface area contributed by atoms with Gasteiger partial charge in [0.1, 0.15) is 5.82 Å². The van der Waals surface area contributed by atoms with Crippen LogP contribution in [0.3, 0.4) is 0 Å². The molecule has 174 valence electrons. The first-order valence-corrected chi connectivity index (χ1v) is 11.7. The van der Waals surface area contributed by atoms with Crippen LogP contribution in [0.15, 0.2) is 65.8 Å². The minimum absolute atomic E-state index is 0.0598. The van der Waals surface area contributed by atoms with E-state index in [9.17, 15) is 4.79 Å². The Labute approximate surface area is 199 Å². The largest absolute Gasteiger partial charge is 0.383 e. The summed E-state index contributed by atoms with van der Waals surface area (Å²) in [6.45, 7) is 3.05. The summed E-state index contributed by atoms with van der Waals surface area (Å²) < 4.78 is 5.66. The standard InChI is InChI=1S/C27H29N5O2/c1-17-13-19-14-18(9-10-22(19)31-26(17)28)27(33)32(16-20-7-3-5-11-29-20)25(21-15-24(21)34-2)23-8-4-6-12-30-23/h3-5,7-11,13-14,21,24-25H,6,12,15-16H2,1-2H3,(H2,28,31)/t21-,24?,25?/m0/s1. The van der Waals surface area contributed by atoms with Gasteiger partial charge in [0.05, 0.1) is 35.6 Å². The van der Waals surface area contributed by atoms with Crippen molar-refractivity contribution < 1.29 is 9.53 Å². The summed E-state index contributed by atoms with van der Waals surface area (Å²) in [5.74, 6) is 0.642. The smallest absolute Gasteiger partial charge is 0.254 e. The quantitative estimate of drug-likeness (QED) is 0.582. The Kier molecular flexibility index (Phi) is 6.11. The lowest BCUT2D eigenvalue weighted by atomic mass is 9.99. The summed E-state index contributed by atoms with van der Waals surface area (Å²) in [6, 6.07) is 13.2. The molecule has 1 aliphatic carbocycles. The second kappa shape index (κ2) is 9.35. The van der Waals surface area contributed by atoms with Crippen LogP contribution in [0, 0.1) is 12.8 Å². The normalized spacial score (nSPS) is 20.1. The minimum Gasteiger partial charge on any atom is -0.383 e. The number of rotatable bonds is 7. The first-order valence-electron chi connectivity index (χ1n) is 11.7. The average molecular weight is 456 g/mol. The minimum atomic E-state index is -0.182. The van der Waals surface area contributed by atoms with Crippen LogP contribution in [0.2, 0.25) is 0 Å². The van der Waals surface area contributed by atoms with Crippen LogP contribution in [0.5, 0.6) is 0 Å². The fourth-order valence-electron chi connectivity index (χ4n) is 4.68. The van der Waals surface area contributed by atoms with E-state index < -0.39 is 0 Å². The van der Waals surface area contributed by atoms with Crippen molar-refractivity contribution in [2.45, 2.75) is 38.5 Å². The number of nitrogens with two attached hydrogens (primary N) is 1. The molecule has 5 rings (SSSR count). The third kappa shape index (κ3) is 4.43. The molecular formula is C27H29N5O2. The van der Waals surface area contributed by atoms with Gasteiger partial charge in [-0.25, -0.2) is 4.98 Å². The predicted molar refractivity (Wildman–Crippen MR) is 134 cm³/mol. The van der Waals surface area contributed by atoms with Gasteiger partial charge in [-0.1, -0.05) is 12.1 Å². The lowest BCUT2D eigenvalue weighted by molar-refractivity contribution is 0.0667. The Morgan fingerprint density at radius 1 is 1.26 bits per heavy atom. The van der Waals surface area contributed by atoms with Crippen molar-refractivity contribution in [3.63, 3.8) is 0 Å². The van der Waals surface area contributed by atoms with Crippen molar-refractivity contribution in [3.05, 3.63) is 77.6 Å². The van der Waals surface area contributed by atoms with Crippen LogP contribution in [-0.2, 0) is 11.3 Å². The van der Waals surface area contributed by atoms with E-state index in [0.29, 0.717) is 17.9 Å². The van der Waals surface area contributed by atoms with Gasteiger partial charge in [-0.15, -0.1) is 0 Å². The molecule has 0 spiro atoms. The highest BCUT2D eigenvalue weighted by Gasteiger charge is 2.49. The molecule has 7 nitrogen and oxygen atoms in total. The molecule has 1 saturated carbocycles. The molecular weight excluding hydrogens is 426 g/mol.